The predicted octanol–water partition coefficient (Wildman–Crippen LogP) is 2.83. The lowest BCUT2D eigenvalue weighted by molar-refractivity contribution is 0.0555. The van der Waals surface area contributed by atoms with Crippen molar-refractivity contribution >= 4 is 11.7 Å². The number of piperidine rings is 1. The Labute approximate surface area is 161 Å². The van der Waals surface area contributed by atoms with E-state index >= 15 is 0 Å². The molecule has 1 N–H and O–H groups in total. The van der Waals surface area contributed by atoms with Crippen LogP contribution in [0.25, 0.3) is 0 Å². The molecule has 1 aromatic carbocycles. The van der Waals surface area contributed by atoms with Crippen LogP contribution < -0.4 is 5.32 Å². The number of rotatable bonds is 4. The molecule has 1 aliphatic heterocycles. The van der Waals surface area contributed by atoms with Gasteiger partial charge in [-0.15, -0.1) is 0 Å². The molecule has 1 aliphatic carbocycles. The van der Waals surface area contributed by atoms with Crippen molar-refractivity contribution in [3.8, 4) is 0 Å². The minimum atomic E-state index is 0.0791. The fourth-order valence-electron chi connectivity index (χ4n) is 4.49. The highest BCUT2D eigenvalue weighted by molar-refractivity contribution is 5.94. The van der Waals surface area contributed by atoms with Gasteiger partial charge in [-0.2, -0.15) is 0 Å². The average molecular weight is 364 g/mol. The van der Waals surface area contributed by atoms with Crippen LogP contribution in [0.1, 0.15) is 34.3 Å². The summed E-state index contributed by atoms with van der Waals surface area (Å²) in [7, 11) is 3.76. The van der Waals surface area contributed by atoms with Crippen LogP contribution in [0.2, 0.25) is 0 Å². The number of nitrogens with one attached hydrogen (secondary N) is 1. The summed E-state index contributed by atoms with van der Waals surface area (Å²) in [5.74, 6) is 0.804. The topological polar surface area (TPSA) is 48.5 Å². The zero-order valence-electron chi connectivity index (χ0n) is 16.2. The summed E-state index contributed by atoms with van der Waals surface area (Å²) in [5.41, 5.74) is 3.68. The molecule has 0 spiro atoms. The molecule has 0 saturated carbocycles. The van der Waals surface area contributed by atoms with Crippen molar-refractivity contribution in [1.29, 1.82) is 0 Å². The molecule has 2 aliphatic rings. The minimum absolute atomic E-state index is 0.0791. The first-order chi connectivity index (χ1) is 13.2. The third kappa shape index (κ3) is 3.69. The van der Waals surface area contributed by atoms with Crippen LogP contribution >= 0.6 is 0 Å². The van der Waals surface area contributed by atoms with Crippen molar-refractivity contribution in [2.75, 3.05) is 32.5 Å². The quantitative estimate of drug-likeness (QED) is 0.906. The molecule has 1 atom stereocenters. The zero-order chi connectivity index (χ0) is 18.8. The van der Waals surface area contributed by atoms with E-state index in [0.29, 0.717) is 11.6 Å². The maximum atomic E-state index is 13.0. The van der Waals surface area contributed by atoms with Crippen molar-refractivity contribution in [2.45, 2.75) is 37.8 Å². The summed E-state index contributed by atoms with van der Waals surface area (Å²) in [6.07, 6.45) is 6.18. The third-order valence-corrected chi connectivity index (χ3v) is 6.10. The lowest BCUT2D eigenvalue weighted by Gasteiger charge is -2.40. The van der Waals surface area contributed by atoms with E-state index in [1.165, 1.54) is 11.1 Å². The van der Waals surface area contributed by atoms with E-state index < -0.39 is 0 Å². The molecular weight excluding hydrogens is 336 g/mol. The Morgan fingerprint density at radius 3 is 2.67 bits per heavy atom. The van der Waals surface area contributed by atoms with Crippen LogP contribution in [0.4, 0.5) is 5.82 Å². The van der Waals surface area contributed by atoms with Crippen molar-refractivity contribution in [1.82, 2.24) is 14.8 Å². The van der Waals surface area contributed by atoms with E-state index in [1.807, 2.05) is 25.1 Å². The van der Waals surface area contributed by atoms with Gasteiger partial charge in [0.25, 0.3) is 5.91 Å². The molecule has 1 unspecified atom stereocenters. The van der Waals surface area contributed by atoms with Gasteiger partial charge in [0.05, 0.1) is 0 Å². The first-order valence-corrected chi connectivity index (χ1v) is 9.87. The second-order valence-electron chi connectivity index (χ2n) is 7.72. The second kappa shape index (κ2) is 7.69. The number of nitrogens with zero attached hydrogens (tertiary/aromatic N) is 3. The van der Waals surface area contributed by atoms with E-state index in [-0.39, 0.29) is 11.9 Å². The molecular formula is C22H28N4O. The van der Waals surface area contributed by atoms with Gasteiger partial charge >= 0.3 is 0 Å². The fraction of sp³-hybridized carbons (Fsp3) is 0.455. The lowest BCUT2D eigenvalue weighted by atomic mass is 10.0. The van der Waals surface area contributed by atoms with E-state index in [0.717, 1.165) is 44.6 Å². The van der Waals surface area contributed by atoms with Gasteiger partial charge in [-0.3, -0.25) is 9.69 Å². The van der Waals surface area contributed by atoms with Gasteiger partial charge in [-0.1, -0.05) is 24.3 Å². The number of likely N-dealkylation sites (N-methyl/N-ethyl adjacent to an activating group) is 1. The van der Waals surface area contributed by atoms with E-state index in [2.05, 4.69) is 39.5 Å². The first kappa shape index (κ1) is 18.0. The summed E-state index contributed by atoms with van der Waals surface area (Å²) >= 11 is 0. The Morgan fingerprint density at radius 2 is 1.96 bits per heavy atom. The lowest BCUT2D eigenvalue weighted by Crippen LogP contribution is -2.51. The number of amides is 1. The number of likely N-dealkylation sites (tertiary alicyclic amines) is 1. The van der Waals surface area contributed by atoms with Crippen LogP contribution in [0.15, 0.2) is 42.6 Å². The predicted molar refractivity (Wildman–Crippen MR) is 108 cm³/mol. The van der Waals surface area contributed by atoms with Crippen LogP contribution in [0.3, 0.4) is 0 Å². The summed E-state index contributed by atoms with van der Waals surface area (Å²) in [5, 5.41) is 3.00. The molecule has 142 valence electrons. The fourth-order valence-corrected chi connectivity index (χ4v) is 4.49. The van der Waals surface area contributed by atoms with E-state index in [9.17, 15) is 4.79 Å². The number of pyridine rings is 1. The van der Waals surface area contributed by atoms with E-state index in [1.54, 1.807) is 12.3 Å². The largest absolute Gasteiger partial charge is 0.373 e. The van der Waals surface area contributed by atoms with E-state index in [4.69, 9.17) is 0 Å². The number of hydrogen-bond donors (Lipinski definition) is 1. The molecule has 2 aromatic rings. The molecule has 1 aromatic heterocycles. The minimum Gasteiger partial charge on any atom is -0.373 e. The highest BCUT2D eigenvalue weighted by atomic mass is 16.2. The molecule has 5 heteroatoms. The van der Waals surface area contributed by atoms with Crippen molar-refractivity contribution in [2.24, 2.45) is 0 Å². The molecule has 0 radical (unpaired) electrons. The van der Waals surface area contributed by atoms with Crippen LogP contribution in [0.5, 0.6) is 0 Å². The summed E-state index contributed by atoms with van der Waals surface area (Å²) < 4.78 is 0. The molecule has 2 heterocycles. The number of carbonyl (C=O) groups is 1. The zero-order valence-corrected chi connectivity index (χ0v) is 16.2. The summed E-state index contributed by atoms with van der Waals surface area (Å²) in [4.78, 5) is 21.7. The van der Waals surface area contributed by atoms with Crippen molar-refractivity contribution in [3.05, 3.63) is 59.3 Å². The van der Waals surface area contributed by atoms with Crippen LogP contribution in [-0.4, -0.2) is 60.0 Å². The van der Waals surface area contributed by atoms with Gasteiger partial charge in [0.15, 0.2) is 0 Å². The number of hydrogen-bond acceptors (Lipinski definition) is 4. The number of carbonyl (C=O) groups excluding carboxylic acids is 1. The molecule has 1 amide bonds. The Kier molecular flexibility index (Phi) is 5.12. The standard InChI is InChI=1S/C22H28N4O/c1-23-21-14-18(9-10-24-21)22(27)25(2)19-8-5-11-26(15-19)20-12-16-6-3-4-7-17(16)13-20/h3-4,6-7,9-10,14,19-20H,5,8,11-13,15H2,1-2H3,(H,23,24). The number of fused-ring (bicyclic) bond motifs is 1. The molecule has 27 heavy (non-hydrogen) atoms. The summed E-state index contributed by atoms with van der Waals surface area (Å²) in [6, 6.07) is 13.3. The van der Waals surface area contributed by atoms with Crippen molar-refractivity contribution in [3.63, 3.8) is 0 Å². The normalized spacial score (nSPS) is 20.3. The molecule has 0 bridgehead atoms. The Morgan fingerprint density at radius 1 is 1.22 bits per heavy atom. The highest BCUT2D eigenvalue weighted by Crippen LogP contribution is 2.28. The van der Waals surface area contributed by atoms with Gasteiger partial charge in [-0.25, -0.2) is 4.98 Å². The number of aromatic nitrogens is 1. The Balaban J connectivity index is 1.43. The molecule has 1 fully saturated rings. The van der Waals surface area contributed by atoms with Gasteiger partial charge in [-0.05, 0) is 55.5 Å². The van der Waals surface area contributed by atoms with Gasteiger partial charge in [0, 0.05) is 44.5 Å². The van der Waals surface area contributed by atoms with Crippen LogP contribution in [-0.2, 0) is 12.8 Å². The second-order valence-corrected chi connectivity index (χ2v) is 7.72. The Bertz CT molecular complexity index is 796. The van der Waals surface area contributed by atoms with Gasteiger partial charge in [0.1, 0.15) is 5.82 Å². The van der Waals surface area contributed by atoms with Crippen molar-refractivity contribution < 1.29 is 4.79 Å². The molecule has 4 rings (SSSR count). The average Bonchev–Trinajstić information content (AvgIpc) is 3.17. The monoisotopic (exact) mass is 364 g/mol. The van der Waals surface area contributed by atoms with Gasteiger partial charge < -0.3 is 10.2 Å². The van der Waals surface area contributed by atoms with Gasteiger partial charge in [0.2, 0.25) is 0 Å². The summed E-state index contributed by atoms with van der Waals surface area (Å²) in [6.45, 7) is 2.10. The van der Waals surface area contributed by atoms with Crippen LogP contribution in [0, 0.1) is 0 Å². The smallest absolute Gasteiger partial charge is 0.254 e. The number of anilines is 1. The SMILES string of the molecule is CNc1cc(C(=O)N(C)C2CCCN(C3Cc4ccccc4C3)C2)ccn1. The molecule has 1 saturated heterocycles. The third-order valence-electron chi connectivity index (χ3n) is 6.10. The Hall–Kier alpha value is -2.40. The maximum absolute atomic E-state index is 13.0. The number of benzene rings is 1. The first-order valence-electron chi connectivity index (χ1n) is 9.87. The highest BCUT2D eigenvalue weighted by Gasteiger charge is 2.33. The molecule has 5 nitrogen and oxygen atoms in total. The maximum Gasteiger partial charge on any atom is 0.254 e.